The molecular weight excluding hydrogens is 236 g/mol. The molecule has 1 aromatic carbocycles. The maximum atomic E-state index is 12.1. The zero-order valence-corrected chi connectivity index (χ0v) is 11.6. The van der Waals surface area contributed by atoms with Crippen molar-refractivity contribution in [1.82, 2.24) is 10.2 Å². The molecule has 0 saturated heterocycles. The molecule has 0 spiro atoms. The number of hydrogen-bond donors (Lipinski definition) is 1. The zero-order chi connectivity index (χ0) is 13.7. The maximum Gasteiger partial charge on any atom is 0.255 e. The van der Waals surface area contributed by atoms with Gasteiger partial charge in [-0.3, -0.25) is 4.79 Å². The van der Waals surface area contributed by atoms with Crippen LogP contribution in [0.25, 0.3) is 0 Å². The lowest BCUT2D eigenvalue weighted by Gasteiger charge is -2.28. The topological polar surface area (TPSA) is 32.3 Å². The highest BCUT2D eigenvalue weighted by molar-refractivity contribution is 5.95. The van der Waals surface area contributed by atoms with Crippen LogP contribution in [0.4, 0.5) is 0 Å². The minimum absolute atomic E-state index is 0.0468. The Balaban J connectivity index is 1.98. The fraction of sp³-hybridized carbons (Fsp3) is 0.375. The van der Waals surface area contributed by atoms with Gasteiger partial charge in [-0.25, -0.2) is 0 Å². The van der Waals surface area contributed by atoms with E-state index in [2.05, 4.69) is 30.5 Å². The number of benzene rings is 1. The van der Waals surface area contributed by atoms with Gasteiger partial charge in [-0.15, -0.1) is 0 Å². The molecule has 101 valence electrons. The molecule has 19 heavy (non-hydrogen) atoms. The van der Waals surface area contributed by atoms with Crippen molar-refractivity contribution in [3.63, 3.8) is 0 Å². The minimum atomic E-state index is -0.0468. The van der Waals surface area contributed by atoms with Gasteiger partial charge >= 0.3 is 0 Å². The fourth-order valence-electron chi connectivity index (χ4n) is 2.19. The number of nitrogens with one attached hydrogen (secondary N) is 1. The first-order valence-corrected chi connectivity index (χ1v) is 6.80. The Morgan fingerprint density at radius 2 is 2.05 bits per heavy atom. The first kappa shape index (κ1) is 13.7. The van der Waals surface area contributed by atoms with Gasteiger partial charge in [0.1, 0.15) is 0 Å². The van der Waals surface area contributed by atoms with Gasteiger partial charge in [-0.1, -0.05) is 32.0 Å². The summed E-state index contributed by atoms with van der Waals surface area (Å²) in [4.78, 5) is 14.3. The molecule has 1 aliphatic heterocycles. The van der Waals surface area contributed by atoms with E-state index in [1.54, 1.807) is 0 Å². The Morgan fingerprint density at radius 1 is 1.32 bits per heavy atom. The first-order chi connectivity index (χ1) is 9.15. The molecule has 0 saturated carbocycles. The van der Waals surface area contributed by atoms with Gasteiger partial charge < -0.3 is 10.2 Å². The van der Waals surface area contributed by atoms with E-state index in [9.17, 15) is 4.79 Å². The second kappa shape index (κ2) is 6.41. The van der Waals surface area contributed by atoms with Gasteiger partial charge in [0.15, 0.2) is 0 Å². The van der Waals surface area contributed by atoms with Crippen molar-refractivity contribution in [3.05, 3.63) is 54.2 Å². The van der Waals surface area contributed by atoms with Crippen LogP contribution in [0.3, 0.4) is 0 Å². The number of rotatable bonds is 4. The highest BCUT2D eigenvalue weighted by atomic mass is 16.1. The van der Waals surface area contributed by atoms with Gasteiger partial charge in [-0.2, -0.15) is 0 Å². The number of nitrogens with zero attached hydrogens (tertiary/aromatic N) is 1. The lowest BCUT2D eigenvalue weighted by molar-refractivity contribution is 0.0964. The maximum absolute atomic E-state index is 12.1. The number of allylic oxidation sites excluding steroid dienone is 1. The molecule has 1 heterocycles. The summed E-state index contributed by atoms with van der Waals surface area (Å²) < 4.78 is 0. The van der Waals surface area contributed by atoms with Crippen LogP contribution < -0.4 is 5.32 Å². The lowest BCUT2D eigenvalue weighted by Crippen LogP contribution is -2.32. The predicted molar refractivity (Wildman–Crippen MR) is 77.3 cm³/mol. The van der Waals surface area contributed by atoms with Crippen molar-refractivity contribution in [2.45, 2.75) is 20.3 Å². The Hall–Kier alpha value is -1.77. The Bertz CT molecular complexity index is 451. The average molecular weight is 257 g/mol. The molecule has 1 N–H and O–H groups in total. The standard InChI is InChI=1S/C16H21N2O/c1-13(2)11-18-10-6-9-15(12-18)17-16(19)14-7-4-3-5-8-14/h3-5,7-9,12-13H,6,10-11H2,1-2H3,(H,17,19). The number of hydrogen-bond acceptors (Lipinski definition) is 2. The van der Waals surface area contributed by atoms with E-state index in [-0.39, 0.29) is 5.91 Å². The molecule has 3 heteroatoms. The largest absolute Gasteiger partial charge is 0.376 e. The number of carbonyl (C=O) groups excluding carboxylic acids is 1. The van der Waals surface area contributed by atoms with Crippen LogP contribution in [-0.2, 0) is 0 Å². The summed E-state index contributed by atoms with van der Waals surface area (Å²) in [6, 6.07) is 9.31. The molecule has 1 aromatic rings. The summed E-state index contributed by atoms with van der Waals surface area (Å²) in [6.07, 6.45) is 5.11. The van der Waals surface area contributed by atoms with Gasteiger partial charge in [0.2, 0.25) is 0 Å². The molecule has 0 bridgehead atoms. The van der Waals surface area contributed by atoms with Crippen molar-refractivity contribution in [2.75, 3.05) is 13.1 Å². The normalized spacial score (nSPS) is 15.3. The van der Waals surface area contributed by atoms with Crippen LogP contribution in [0.1, 0.15) is 30.6 Å². The fourth-order valence-corrected chi connectivity index (χ4v) is 2.19. The van der Waals surface area contributed by atoms with Crippen molar-refractivity contribution in [3.8, 4) is 0 Å². The summed E-state index contributed by atoms with van der Waals surface area (Å²) in [5.41, 5.74) is 1.60. The van der Waals surface area contributed by atoms with E-state index in [1.165, 1.54) is 0 Å². The summed E-state index contributed by atoms with van der Waals surface area (Å²) in [5, 5.41) is 2.96. The molecule has 0 atom stereocenters. The van der Waals surface area contributed by atoms with E-state index in [0.717, 1.165) is 25.2 Å². The van der Waals surface area contributed by atoms with E-state index in [0.29, 0.717) is 11.5 Å². The zero-order valence-electron chi connectivity index (χ0n) is 11.6. The quantitative estimate of drug-likeness (QED) is 0.899. The summed E-state index contributed by atoms with van der Waals surface area (Å²) in [6.45, 7) is 6.46. The van der Waals surface area contributed by atoms with Crippen molar-refractivity contribution < 1.29 is 4.79 Å². The number of amides is 1. The monoisotopic (exact) mass is 257 g/mol. The first-order valence-electron chi connectivity index (χ1n) is 6.80. The summed E-state index contributed by atoms with van der Waals surface area (Å²) >= 11 is 0. The van der Waals surface area contributed by atoms with Crippen LogP contribution in [0, 0.1) is 12.3 Å². The van der Waals surface area contributed by atoms with E-state index in [4.69, 9.17) is 0 Å². The molecule has 3 nitrogen and oxygen atoms in total. The molecule has 0 fully saturated rings. The van der Waals surface area contributed by atoms with Crippen LogP contribution >= 0.6 is 0 Å². The van der Waals surface area contributed by atoms with Crippen LogP contribution in [0.2, 0.25) is 0 Å². The molecule has 1 aliphatic rings. The van der Waals surface area contributed by atoms with Crippen molar-refractivity contribution in [1.29, 1.82) is 0 Å². The van der Waals surface area contributed by atoms with E-state index in [1.807, 2.05) is 36.5 Å². The molecular formula is C16H21N2O. The van der Waals surface area contributed by atoms with Crippen LogP contribution in [0.5, 0.6) is 0 Å². The van der Waals surface area contributed by atoms with Gasteiger partial charge in [0.05, 0.1) is 0 Å². The van der Waals surface area contributed by atoms with Gasteiger partial charge in [-0.05, 0) is 24.5 Å². The van der Waals surface area contributed by atoms with Gasteiger partial charge in [0, 0.05) is 37.0 Å². The highest BCUT2D eigenvalue weighted by Gasteiger charge is 2.14. The molecule has 1 radical (unpaired) electrons. The molecule has 2 rings (SSSR count). The van der Waals surface area contributed by atoms with E-state index < -0.39 is 0 Å². The van der Waals surface area contributed by atoms with Crippen molar-refractivity contribution >= 4 is 5.91 Å². The third-order valence-corrected chi connectivity index (χ3v) is 3.00. The van der Waals surface area contributed by atoms with E-state index >= 15 is 0 Å². The number of carbonyl (C=O) groups is 1. The highest BCUT2D eigenvalue weighted by Crippen LogP contribution is 2.13. The van der Waals surface area contributed by atoms with Crippen LogP contribution in [0.15, 0.2) is 42.2 Å². The summed E-state index contributed by atoms with van der Waals surface area (Å²) in [7, 11) is 0. The molecule has 0 aromatic heterocycles. The Kier molecular flexibility index (Phi) is 4.61. The SMILES string of the molecule is CC(C)CN1C=C(NC(=O)c2ccccc2)[CH]CC1. The van der Waals surface area contributed by atoms with Crippen LogP contribution in [-0.4, -0.2) is 23.9 Å². The molecule has 1 amide bonds. The third-order valence-electron chi connectivity index (χ3n) is 3.00. The molecule has 0 unspecified atom stereocenters. The molecule has 0 aliphatic carbocycles. The third kappa shape index (κ3) is 4.12. The Labute approximate surface area is 115 Å². The average Bonchev–Trinajstić information content (AvgIpc) is 2.39. The lowest BCUT2D eigenvalue weighted by atomic mass is 10.1. The second-order valence-corrected chi connectivity index (χ2v) is 5.29. The van der Waals surface area contributed by atoms with Gasteiger partial charge in [0.25, 0.3) is 5.91 Å². The smallest absolute Gasteiger partial charge is 0.255 e. The summed E-state index contributed by atoms with van der Waals surface area (Å²) in [5.74, 6) is 0.579. The predicted octanol–water partition coefficient (Wildman–Crippen LogP) is 2.82. The Morgan fingerprint density at radius 3 is 2.74 bits per heavy atom. The minimum Gasteiger partial charge on any atom is -0.376 e. The van der Waals surface area contributed by atoms with Crippen molar-refractivity contribution in [2.24, 2.45) is 5.92 Å². The second-order valence-electron chi connectivity index (χ2n) is 5.29.